The summed E-state index contributed by atoms with van der Waals surface area (Å²) in [6, 6.07) is 36.0. The van der Waals surface area contributed by atoms with Gasteiger partial charge in [-0.3, -0.25) is 8.97 Å². The van der Waals surface area contributed by atoms with Crippen molar-refractivity contribution in [2.45, 2.75) is 38.5 Å². The van der Waals surface area contributed by atoms with Gasteiger partial charge in [0.25, 0.3) is 6.33 Å². The van der Waals surface area contributed by atoms with Crippen molar-refractivity contribution in [3.05, 3.63) is 127 Å². The second kappa shape index (κ2) is 9.81. The van der Waals surface area contributed by atoms with Crippen LogP contribution < -0.4 is 9.30 Å². The van der Waals surface area contributed by atoms with Crippen molar-refractivity contribution in [3.63, 3.8) is 0 Å². The Morgan fingerprint density at radius 1 is 0.783 bits per heavy atom. The van der Waals surface area contributed by atoms with Crippen LogP contribution in [0.5, 0.6) is 17.4 Å². The molecule has 0 bridgehead atoms. The van der Waals surface area contributed by atoms with Gasteiger partial charge in [0.1, 0.15) is 11.3 Å². The Bertz CT molecular complexity index is 2490. The fourth-order valence-electron chi connectivity index (χ4n) is 7.08. The smallest absolute Gasteiger partial charge is 0.506 e. The van der Waals surface area contributed by atoms with E-state index in [0.717, 1.165) is 39.1 Å². The van der Waals surface area contributed by atoms with E-state index in [0.29, 0.717) is 22.8 Å². The van der Waals surface area contributed by atoms with E-state index in [2.05, 4.69) is 91.5 Å². The molecule has 0 atom stereocenters. The molecule has 0 spiro atoms. The molecule has 0 saturated carbocycles. The van der Waals surface area contributed by atoms with Crippen LogP contribution in [-0.2, 0) is 31.9 Å². The molecule has 0 saturated heterocycles. The molecule has 0 radical (unpaired) electrons. The minimum atomic E-state index is -0.368. The van der Waals surface area contributed by atoms with Gasteiger partial charge in [0.2, 0.25) is 5.88 Å². The van der Waals surface area contributed by atoms with Crippen LogP contribution in [0.1, 0.15) is 39.0 Å². The molecule has 4 aromatic heterocycles. The van der Waals surface area contributed by atoms with Crippen LogP contribution in [0.3, 0.4) is 0 Å². The molecule has 1 N–H and O–H groups in total. The van der Waals surface area contributed by atoms with Crippen LogP contribution in [-0.4, -0.2) is 23.5 Å². The first-order chi connectivity index (χ1) is 21.8. The largest absolute Gasteiger partial charge is 2.00 e. The van der Waals surface area contributed by atoms with E-state index in [9.17, 15) is 5.11 Å². The van der Waals surface area contributed by atoms with Gasteiger partial charge in [-0.1, -0.05) is 82.3 Å². The second-order valence-electron chi connectivity index (χ2n) is 12.9. The molecule has 8 aromatic rings. The third-order valence-electron chi connectivity index (χ3n) is 10.0. The Kier molecular flexibility index (Phi) is 6.10. The van der Waals surface area contributed by atoms with Gasteiger partial charge >= 0.3 is 21.1 Å². The molecule has 0 amide bonds. The number of hydrogen-bond acceptors (Lipinski definition) is 3. The molecule has 46 heavy (non-hydrogen) atoms. The van der Waals surface area contributed by atoms with Crippen molar-refractivity contribution in [2.24, 2.45) is 0 Å². The summed E-state index contributed by atoms with van der Waals surface area (Å²) < 4.78 is 15.0. The number of aromatic hydroxyl groups is 1. The summed E-state index contributed by atoms with van der Waals surface area (Å²) in [5, 5.41) is 11.0. The van der Waals surface area contributed by atoms with E-state index in [1.54, 1.807) is 6.07 Å². The summed E-state index contributed by atoms with van der Waals surface area (Å²) in [6.07, 6.45) is 5.43. The maximum absolute atomic E-state index is 11.0. The number of benzene rings is 4. The van der Waals surface area contributed by atoms with Crippen LogP contribution >= 0.6 is 0 Å². The monoisotopic (exact) mass is 783 g/mol. The van der Waals surface area contributed by atoms with E-state index < -0.39 is 0 Å². The number of imidazole rings is 2. The third kappa shape index (κ3) is 3.69. The summed E-state index contributed by atoms with van der Waals surface area (Å²) in [7, 11) is 0. The Hall–Kier alpha value is -4.87. The number of para-hydroxylation sites is 4. The van der Waals surface area contributed by atoms with Gasteiger partial charge < -0.3 is 18.8 Å². The number of ether oxygens (including phenoxy) is 1. The molecule has 1 aliphatic heterocycles. The summed E-state index contributed by atoms with van der Waals surface area (Å²) >= 11 is 0. The van der Waals surface area contributed by atoms with Crippen LogP contribution in [0.15, 0.2) is 103 Å². The van der Waals surface area contributed by atoms with Gasteiger partial charge in [-0.2, -0.15) is 17.1 Å². The molecule has 9 rings (SSSR count). The third-order valence-corrected chi connectivity index (χ3v) is 10.0. The van der Waals surface area contributed by atoms with E-state index in [-0.39, 0.29) is 37.6 Å². The van der Waals surface area contributed by atoms with Crippen LogP contribution in [0.2, 0.25) is 0 Å². The zero-order valence-electron chi connectivity index (χ0n) is 25.7. The summed E-state index contributed by atoms with van der Waals surface area (Å²) in [5.41, 5.74) is 8.87. The fourth-order valence-corrected chi connectivity index (χ4v) is 7.08. The average molecular weight is 784 g/mol. The van der Waals surface area contributed by atoms with Crippen molar-refractivity contribution >= 4 is 33.2 Å². The van der Waals surface area contributed by atoms with Gasteiger partial charge in [0, 0.05) is 22.8 Å². The van der Waals surface area contributed by atoms with Crippen LogP contribution in [0.25, 0.3) is 44.6 Å². The topological polar surface area (TPSA) is 60.0 Å². The molecular formula is C38H30N5O2Pt+. The van der Waals surface area contributed by atoms with Crippen LogP contribution in [0, 0.1) is 12.4 Å². The molecule has 228 valence electrons. The summed E-state index contributed by atoms with van der Waals surface area (Å²) in [6.45, 7) is 9.06. The zero-order chi connectivity index (χ0) is 30.7. The zero-order valence-corrected chi connectivity index (χ0v) is 28.0. The standard InChI is InChI=1S/C38H30N5O2.Pt/c1-37(2)27-16-11-19-30-32(27)43-34(38(37,3)4)36(39-35(43)33-31(44)20-21-40(30)33)45-26-15-10-14-25(22-26)42-23-41(24-12-6-5-7-13-24)28-17-8-9-18-29(28)42;/h5-21,44H,1-4H3;/q-1;+2. The minimum Gasteiger partial charge on any atom is -0.506 e. The van der Waals surface area contributed by atoms with Crippen LogP contribution in [0.4, 0.5) is 0 Å². The first-order valence-corrected chi connectivity index (χ1v) is 15.1. The average Bonchev–Trinajstić information content (AvgIpc) is 3.74. The van der Waals surface area contributed by atoms with Crippen molar-refractivity contribution in [3.8, 4) is 28.8 Å². The normalized spacial score (nSPS) is 14.8. The van der Waals surface area contributed by atoms with Crippen molar-refractivity contribution in [2.75, 3.05) is 0 Å². The predicted molar refractivity (Wildman–Crippen MR) is 174 cm³/mol. The van der Waals surface area contributed by atoms with Gasteiger partial charge in [-0.25, -0.2) is 0 Å². The Balaban J connectivity index is 0.00000312. The molecule has 5 heterocycles. The summed E-state index contributed by atoms with van der Waals surface area (Å²) in [4.78, 5) is 5.10. The first kappa shape index (κ1) is 28.6. The maximum atomic E-state index is 11.0. The first-order valence-electron chi connectivity index (χ1n) is 15.1. The molecular weight excluding hydrogens is 754 g/mol. The molecule has 0 fully saturated rings. The van der Waals surface area contributed by atoms with Gasteiger partial charge in [-0.15, -0.1) is 12.1 Å². The fraction of sp³-hybridized carbons (Fsp3) is 0.158. The quantitative estimate of drug-likeness (QED) is 0.148. The van der Waals surface area contributed by atoms with Gasteiger partial charge in [-0.05, 0) is 35.5 Å². The number of nitrogens with zero attached hydrogens (tertiary/aromatic N) is 5. The Labute approximate surface area is 280 Å². The number of rotatable bonds is 4. The van der Waals surface area contributed by atoms with E-state index in [1.165, 1.54) is 5.56 Å². The predicted octanol–water partition coefficient (Wildman–Crippen LogP) is 7.63. The van der Waals surface area contributed by atoms with E-state index >= 15 is 0 Å². The second-order valence-corrected chi connectivity index (χ2v) is 12.9. The maximum Gasteiger partial charge on any atom is 2.00 e. The molecule has 4 aromatic carbocycles. The SMILES string of the molecule is CC1(C)c2cccc3c2n2c(c(Oc4[c-]c(-n5[c-][n+](-c6ccccc6)c6ccccc65)ccc4)nc2c2c(O)ccn32)C1(C)C.[Pt+2]. The van der Waals surface area contributed by atoms with Gasteiger partial charge in [0.05, 0.1) is 33.4 Å². The number of hydrogen-bond donors (Lipinski definition) is 1. The Morgan fingerprint density at radius 3 is 2.35 bits per heavy atom. The number of aromatic nitrogens is 5. The molecule has 1 aliphatic rings. The van der Waals surface area contributed by atoms with E-state index in [1.807, 2.05) is 63.7 Å². The van der Waals surface area contributed by atoms with E-state index in [4.69, 9.17) is 9.72 Å². The van der Waals surface area contributed by atoms with Crippen molar-refractivity contribution < 1.29 is 35.5 Å². The minimum absolute atomic E-state index is 0. The number of fused-ring (bicyclic) bond motifs is 4. The molecule has 0 unspecified atom stereocenters. The Morgan fingerprint density at radius 2 is 1.52 bits per heavy atom. The van der Waals surface area contributed by atoms with Crippen molar-refractivity contribution in [1.29, 1.82) is 0 Å². The molecule has 7 nitrogen and oxygen atoms in total. The van der Waals surface area contributed by atoms with Crippen molar-refractivity contribution in [1.82, 2.24) is 18.4 Å². The van der Waals surface area contributed by atoms with Gasteiger partial charge in [0.15, 0.2) is 5.65 Å². The summed E-state index contributed by atoms with van der Waals surface area (Å²) in [5.74, 6) is 1.24. The molecule has 0 aliphatic carbocycles. The molecule has 8 heteroatoms.